The van der Waals surface area contributed by atoms with Crippen LogP contribution < -0.4 is 0 Å². The molecule has 1 radical (unpaired) electrons. The Morgan fingerprint density at radius 1 is 0.944 bits per heavy atom. The van der Waals surface area contributed by atoms with E-state index >= 15 is 0 Å². The highest BCUT2D eigenvalue weighted by atomic mass is 79.9. The van der Waals surface area contributed by atoms with Gasteiger partial charge in [0.2, 0.25) is 0 Å². The molecule has 0 saturated heterocycles. The molecule has 0 fully saturated rings. The van der Waals surface area contributed by atoms with Gasteiger partial charge < -0.3 is 0 Å². The molecule has 0 unspecified atom stereocenters. The normalized spacial score (nSPS) is 10.8. The predicted octanol–water partition coefficient (Wildman–Crippen LogP) is 5.80. The molecule has 2 aromatic carbocycles. The van der Waals surface area contributed by atoms with E-state index in [1.165, 1.54) is 16.7 Å². The molecule has 0 aliphatic heterocycles. The van der Waals surface area contributed by atoms with Gasteiger partial charge in [-0.2, -0.15) is 0 Å². The molecular weight excluding hydrogens is 308 g/mol. The Bertz CT molecular complexity index is 513. The summed E-state index contributed by atoms with van der Waals surface area (Å²) in [6.07, 6.45) is 0. The quantitative estimate of drug-likeness (QED) is 0.622. The lowest BCUT2D eigenvalue weighted by Gasteiger charge is -2.15. The van der Waals surface area contributed by atoms with Crippen LogP contribution in [-0.2, 0) is 0 Å². The summed E-state index contributed by atoms with van der Waals surface area (Å²) in [7, 11) is 0. The smallest absolute Gasteiger partial charge is 0.0490 e. The minimum absolute atomic E-state index is 0.803. The third-order valence-electron chi connectivity index (χ3n) is 3.09. The zero-order valence-corrected chi connectivity index (χ0v) is 13.3. The van der Waals surface area contributed by atoms with Crippen LogP contribution in [0.15, 0.2) is 22.7 Å². The Labute approximate surface area is 122 Å². The van der Waals surface area contributed by atoms with E-state index < -0.39 is 0 Å². The maximum absolute atomic E-state index is 6.42. The second-order valence-corrected chi connectivity index (χ2v) is 6.04. The summed E-state index contributed by atoms with van der Waals surface area (Å²) in [6.45, 7) is 8.31. The van der Waals surface area contributed by atoms with Crippen LogP contribution in [0.2, 0.25) is 5.02 Å². The number of aryl methyl sites for hydroxylation is 4. The summed E-state index contributed by atoms with van der Waals surface area (Å²) in [5.41, 5.74) is 6.96. The molecule has 2 aromatic rings. The number of benzene rings is 2. The van der Waals surface area contributed by atoms with E-state index in [-0.39, 0.29) is 0 Å². The first-order valence-corrected chi connectivity index (χ1v) is 7.03. The van der Waals surface area contributed by atoms with Gasteiger partial charge in [-0.3, -0.25) is 0 Å². The molecule has 0 heterocycles. The lowest BCUT2D eigenvalue weighted by Crippen LogP contribution is -1.94. The van der Waals surface area contributed by atoms with Crippen LogP contribution >= 0.6 is 27.5 Å². The summed E-state index contributed by atoms with van der Waals surface area (Å²) >= 11 is 9.95. The Morgan fingerprint density at radius 3 is 2.00 bits per heavy atom. The summed E-state index contributed by atoms with van der Waals surface area (Å²) < 4.78 is 1.10. The van der Waals surface area contributed by atoms with Crippen LogP contribution in [0.1, 0.15) is 22.3 Å². The highest BCUT2D eigenvalue weighted by Gasteiger charge is 2.13. The summed E-state index contributed by atoms with van der Waals surface area (Å²) in [5, 5.41) is 0.803. The molecule has 0 amide bonds. The van der Waals surface area contributed by atoms with Gasteiger partial charge >= 0.3 is 0 Å². The molecule has 0 aliphatic carbocycles. The second kappa shape index (κ2) is 5.07. The second-order valence-electron chi connectivity index (χ2n) is 4.71. The zero-order valence-electron chi connectivity index (χ0n) is 11.0. The summed E-state index contributed by atoms with van der Waals surface area (Å²) in [6, 6.07) is 9.57. The van der Waals surface area contributed by atoms with E-state index in [2.05, 4.69) is 54.9 Å². The monoisotopic (exact) mass is 321 g/mol. The van der Waals surface area contributed by atoms with E-state index in [9.17, 15) is 0 Å². The van der Waals surface area contributed by atoms with Gasteiger partial charge in [-0.15, -0.1) is 0 Å². The first-order valence-electron chi connectivity index (χ1n) is 5.86. The Hall–Kier alpha value is -0.790. The number of halogens is 2. The van der Waals surface area contributed by atoms with Gasteiger partial charge in [-0.05, 0) is 79.8 Å². The maximum Gasteiger partial charge on any atom is 0.0490 e. The molecule has 2 heteroatoms. The molecule has 0 aromatic heterocycles. The number of hydrogen-bond donors (Lipinski definition) is 0. The van der Waals surface area contributed by atoms with Crippen molar-refractivity contribution in [2.24, 2.45) is 0 Å². The van der Waals surface area contributed by atoms with E-state index in [4.69, 9.17) is 11.6 Å². The van der Waals surface area contributed by atoms with Crippen molar-refractivity contribution in [1.29, 1.82) is 0 Å². The number of hydrogen-bond acceptors (Lipinski definition) is 0. The van der Waals surface area contributed by atoms with Gasteiger partial charge in [0.25, 0.3) is 0 Å². The summed E-state index contributed by atoms with van der Waals surface area (Å²) in [4.78, 5) is 0. The molecule has 0 atom stereocenters. The molecular formula is C16H15BrCl. The predicted molar refractivity (Wildman–Crippen MR) is 82.4 cm³/mol. The lowest BCUT2D eigenvalue weighted by atomic mass is 9.92. The van der Waals surface area contributed by atoms with E-state index in [1.807, 2.05) is 13.0 Å². The Balaban J connectivity index is 2.78. The van der Waals surface area contributed by atoms with Crippen LogP contribution in [0, 0.1) is 33.8 Å². The minimum atomic E-state index is 0.803. The SMILES string of the molecule is Cc1[c]c(C)c(-c2c(C)cc(Br)cc2C)c(Cl)c1. The molecule has 0 nitrogen and oxygen atoms in total. The Morgan fingerprint density at radius 2 is 1.50 bits per heavy atom. The fourth-order valence-corrected chi connectivity index (χ4v) is 3.53. The number of rotatable bonds is 1. The third-order valence-corrected chi connectivity index (χ3v) is 3.85. The highest BCUT2D eigenvalue weighted by molar-refractivity contribution is 9.10. The average Bonchev–Trinajstić information content (AvgIpc) is 2.20. The van der Waals surface area contributed by atoms with Crippen molar-refractivity contribution in [2.45, 2.75) is 27.7 Å². The fourth-order valence-electron chi connectivity index (χ4n) is 2.45. The average molecular weight is 323 g/mol. The van der Waals surface area contributed by atoms with Gasteiger partial charge in [-0.1, -0.05) is 27.5 Å². The first kappa shape index (κ1) is 13.6. The molecule has 93 valence electrons. The van der Waals surface area contributed by atoms with Crippen molar-refractivity contribution in [2.75, 3.05) is 0 Å². The van der Waals surface area contributed by atoms with Crippen LogP contribution in [0.5, 0.6) is 0 Å². The summed E-state index contributed by atoms with van der Waals surface area (Å²) in [5.74, 6) is 0. The molecule has 18 heavy (non-hydrogen) atoms. The largest absolute Gasteiger partial charge is 0.0836 e. The van der Waals surface area contributed by atoms with Gasteiger partial charge in [0.05, 0.1) is 0 Å². The molecule has 0 aliphatic rings. The topological polar surface area (TPSA) is 0 Å². The van der Waals surface area contributed by atoms with Gasteiger partial charge in [-0.25, -0.2) is 0 Å². The maximum atomic E-state index is 6.42. The fraction of sp³-hybridized carbons (Fsp3) is 0.250. The van der Waals surface area contributed by atoms with Crippen molar-refractivity contribution >= 4 is 27.5 Å². The van der Waals surface area contributed by atoms with Crippen LogP contribution in [0.3, 0.4) is 0 Å². The van der Waals surface area contributed by atoms with Crippen LogP contribution in [-0.4, -0.2) is 0 Å². The lowest BCUT2D eigenvalue weighted by molar-refractivity contribution is 1.32. The molecule has 0 saturated carbocycles. The Kier molecular flexibility index (Phi) is 3.84. The molecule has 2 rings (SSSR count). The van der Waals surface area contributed by atoms with Crippen molar-refractivity contribution in [3.63, 3.8) is 0 Å². The van der Waals surface area contributed by atoms with Crippen molar-refractivity contribution in [1.82, 2.24) is 0 Å². The van der Waals surface area contributed by atoms with Crippen molar-refractivity contribution in [3.05, 3.63) is 56.0 Å². The van der Waals surface area contributed by atoms with E-state index in [0.717, 1.165) is 26.2 Å². The van der Waals surface area contributed by atoms with Gasteiger partial charge in [0.15, 0.2) is 0 Å². The van der Waals surface area contributed by atoms with Gasteiger partial charge in [0.1, 0.15) is 0 Å². The van der Waals surface area contributed by atoms with E-state index in [1.54, 1.807) is 0 Å². The molecule has 0 spiro atoms. The van der Waals surface area contributed by atoms with Crippen LogP contribution in [0.4, 0.5) is 0 Å². The van der Waals surface area contributed by atoms with Crippen molar-refractivity contribution in [3.8, 4) is 11.1 Å². The third kappa shape index (κ3) is 2.48. The highest BCUT2D eigenvalue weighted by Crippen LogP contribution is 2.37. The van der Waals surface area contributed by atoms with E-state index in [0.29, 0.717) is 0 Å². The molecule has 0 bridgehead atoms. The molecule has 0 N–H and O–H groups in total. The first-order chi connectivity index (χ1) is 8.40. The van der Waals surface area contributed by atoms with Crippen molar-refractivity contribution < 1.29 is 0 Å². The van der Waals surface area contributed by atoms with Gasteiger partial charge in [0, 0.05) is 15.1 Å². The minimum Gasteiger partial charge on any atom is -0.0836 e. The van der Waals surface area contributed by atoms with Crippen LogP contribution in [0.25, 0.3) is 11.1 Å². The standard InChI is InChI=1S/C16H15BrCl/c1-9-5-10(2)16(14(18)6-9)15-11(3)7-13(17)8-12(15)4/h6-8H,1-4H3. The zero-order chi connectivity index (χ0) is 13.4.